The van der Waals surface area contributed by atoms with Crippen molar-refractivity contribution in [1.29, 1.82) is 0 Å². The monoisotopic (exact) mass is 255 g/mol. The third-order valence-electron chi connectivity index (χ3n) is 4.23. The van der Waals surface area contributed by atoms with Gasteiger partial charge in [-0.15, -0.1) is 0 Å². The van der Waals surface area contributed by atoms with Crippen molar-refractivity contribution in [2.45, 2.75) is 45.1 Å². The van der Waals surface area contributed by atoms with Gasteiger partial charge in [0.1, 0.15) is 0 Å². The summed E-state index contributed by atoms with van der Waals surface area (Å²) in [4.78, 5) is 7.53. The molecule has 0 aromatic heterocycles. The molecular weight excluding hydrogens is 222 g/mol. The zero-order chi connectivity index (χ0) is 13.4. The third kappa shape index (κ3) is 6.17. The van der Waals surface area contributed by atoms with Crippen molar-refractivity contribution in [2.24, 2.45) is 0 Å². The van der Waals surface area contributed by atoms with E-state index in [1.807, 2.05) is 0 Å². The normalized spacial score (nSPS) is 25.7. The maximum atomic E-state index is 2.57. The standard InChI is InChI=1S/C15H33N3/c1-5-6-7-8-9-15-14-17(3)11-10-16(2)12-13-18(15)4/h15H,5-14H2,1-4H3. The van der Waals surface area contributed by atoms with Crippen LogP contribution in [-0.4, -0.2) is 74.6 Å². The van der Waals surface area contributed by atoms with E-state index in [2.05, 4.69) is 42.8 Å². The van der Waals surface area contributed by atoms with Gasteiger partial charge in [0.05, 0.1) is 0 Å². The fourth-order valence-electron chi connectivity index (χ4n) is 2.67. The van der Waals surface area contributed by atoms with Crippen molar-refractivity contribution >= 4 is 0 Å². The second-order valence-corrected chi connectivity index (χ2v) is 6.05. The van der Waals surface area contributed by atoms with E-state index in [1.54, 1.807) is 0 Å². The SMILES string of the molecule is CCCCCCC1CN(C)CCN(C)CCN1C. The average molecular weight is 255 g/mol. The Labute approximate surface area is 114 Å². The number of rotatable bonds is 5. The molecule has 1 fully saturated rings. The van der Waals surface area contributed by atoms with Crippen molar-refractivity contribution in [1.82, 2.24) is 14.7 Å². The molecule has 0 N–H and O–H groups in total. The molecule has 1 rings (SSSR count). The molecule has 1 saturated heterocycles. The van der Waals surface area contributed by atoms with Gasteiger partial charge in [-0.2, -0.15) is 0 Å². The lowest BCUT2D eigenvalue weighted by atomic mass is 10.1. The van der Waals surface area contributed by atoms with Crippen LogP contribution in [0.4, 0.5) is 0 Å². The summed E-state index contributed by atoms with van der Waals surface area (Å²) in [5.41, 5.74) is 0. The fraction of sp³-hybridized carbons (Fsp3) is 1.00. The van der Waals surface area contributed by atoms with Crippen LogP contribution in [-0.2, 0) is 0 Å². The Hall–Kier alpha value is -0.120. The van der Waals surface area contributed by atoms with Crippen LogP contribution in [0.2, 0.25) is 0 Å². The molecule has 0 radical (unpaired) electrons. The fourth-order valence-corrected chi connectivity index (χ4v) is 2.67. The van der Waals surface area contributed by atoms with E-state index in [-0.39, 0.29) is 0 Å². The molecule has 1 unspecified atom stereocenters. The maximum absolute atomic E-state index is 2.57. The number of unbranched alkanes of at least 4 members (excludes halogenated alkanes) is 3. The largest absolute Gasteiger partial charge is 0.304 e. The van der Waals surface area contributed by atoms with Gasteiger partial charge in [-0.3, -0.25) is 0 Å². The summed E-state index contributed by atoms with van der Waals surface area (Å²) in [7, 11) is 6.81. The van der Waals surface area contributed by atoms with Gasteiger partial charge in [0.2, 0.25) is 0 Å². The zero-order valence-corrected chi connectivity index (χ0v) is 13.0. The molecule has 0 aromatic rings. The Morgan fingerprint density at radius 2 is 1.50 bits per heavy atom. The van der Waals surface area contributed by atoms with Crippen LogP contribution in [0.25, 0.3) is 0 Å². The second kappa shape index (κ2) is 8.89. The predicted octanol–water partition coefficient (Wildman–Crippen LogP) is 2.13. The molecule has 108 valence electrons. The lowest BCUT2D eigenvalue weighted by Crippen LogP contribution is -2.41. The molecule has 1 aliphatic rings. The van der Waals surface area contributed by atoms with Crippen LogP contribution in [0.1, 0.15) is 39.0 Å². The number of hydrogen-bond acceptors (Lipinski definition) is 3. The number of nitrogens with zero attached hydrogens (tertiary/aromatic N) is 3. The molecule has 0 bridgehead atoms. The smallest absolute Gasteiger partial charge is 0.0220 e. The van der Waals surface area contributed by atoms with Gasteiger partial charge in [-0.1, -0.05) is 32.6 Å². The highest BCUT2D eigenvalue weighted by atomic mass is 15.2. The van der Waals surface area contributed by atoms with Crippen molar-refractivity contribution < 1.29 is 0 Å². The Balaban J connectivity index is 2.40. The van der Waals surface area contributed by atoms with Gasteiger partial charge < -0.3 is 14.7 Å². The van der Waals surface area contributed by atoms with Crippen molar-refractivity contribution in [2.75, 3.05) is 53.9 Å². The summed E-state index contributed by atoms with van der Waals surface area (Å²) in [5, 5.41) is 0. The molecule has 0 amide bonds. The Morgan fingerprint density at radius 3 is 2.22 bits per heavy atom. The quantitative estimate of drug-likeness (QED) is 0.697. The first-order valence-corrected chi connectivity index (χ1v) is 7.70. The summed E-state index contributed by atoms with van der Waals surface area (Å²) in [6.45, 7) is 8.34. The van der Waals surface area contributed by atoms with E-state index in [0.29, 0.717) is 0 Å². The zero-order valence-electron chi connectivity index (χ0n) is 13.0. The molecule has 0 aliphatic carbocycles. The molecule has 0 saturated carbocycles. The highest BCUT2D eigenvalue weighted by Crippen LogP contribution is 2.12. The summed E-state index contributed by atoms with van der Waals surface area (Å²) in [5.74, 6) is 0. The summed E-state index contributed by atoms with van der Waals surface area (Å²) >= 11 is 0. The lowest BCUT2D eigenvalue weighted by molar-refractivity contribution is 0.180. The Kier molecular flexibility index (Phi) is 7.87. The van der Waals surface area contributed by atoms with Gasteiger partial charge in [0.15, 0.2) is 0 Å². The highest BCUT2D eigenvalue weighted by Gasteiger charge is 2.19. The first kappa shape index (κ1) is 15.9. The van der Waals surface area contributed by atoms with Crippen molar-refractivity contribution in [3.8, 4) is 0 Å². The second-order valence-electron chi connectivity index (χ2n) is 6.05. The van der Waals surface area contributed by atoms with Gasteiger partial charge in [0, 0.05) is 38.8 Å². The molecule has 3 nitrogen and oxygen atoms in total. The number of hydrogen-bond donors (Lipinski definition) is 0. The minimum atomic E-state index is 0.748. The van der Waals surface area contributed by atoms with Crippen molar-refractivity contribution in [3.05, 3.63) is 0 Å². The average Bonchev–Trinajstić information content (AvgIpc) is 2.41. The van der Waals surface area contributed by atoms with Crippen LogP contribution >= 0.6 is 0 Å². The molecule has 1 heterocycles. The van der Waals surface area contributed by atoms with Crippen LogP contribution in [0.15, 0.2) is 0 Å². The lowest BCUT2D eigenvalue weighted by Gasteiger charge is -2.30. The predicted molar refractivity (Wildman–Crippen MR) is 80.2 cm³/mol. The first-order valence-electron chi connectivity index (χ1n) is 7.70. The van der Waals surface area contributed by atoms with E-state index < -0.39 is 0 Å². The highest BCUT2D eigenvalue weighted by molar-refractivity contribution is 4.76. The van der Waals surface area contributed by atoms with Crippen LogP contribution in [0.5, 0.6) is 0 Å². The molecule has 3 heteroatoms. The minimum absolute atomic E-state index is 0.748. The van der Waals surface area contributed by atoms with Crippen LogP contribution in [0.3, 0.4) is 0 Å². The van der Waals surface area contributed by atoms with E-state index in [1.165, 1.54) is 64.8 Å². The van der Waals surface area contributed by atoms with Crippen LogP contribution < -0.4 is 0 Å². The summed E-state index contributed by atoms with van der Waals surface area (Å²) in [6.07, 6.45) is 6.90. The van der Waals surface area contributed by atoms with Crippen LogP contribution in [0, 0.1) is 0 Å². The van der Waals surface area contributed by atoms with Gasteiger partial charge in [-0.25, -0.2) is 0 Å². The molecule has 0 aromatic carbocycles. The number of likely N-dealkylation sites (N-methyl/N-ethyl adjacent to an activating group) is 3. The van der Waals surface area contributed by atoms with E-state index in [4.69, 9.17) is 0 Å². The molecule has 0 spiro atoms. The summed E-state index contributed by atoms with van der Waals surface area (Å²) < 4.78 is 0. The van der Waals surface area contributed by atoms with Gasteiger partial charge in [-0.05, 0) is 27.6 Å². The van der Waals surface area contributed by atoms with E-state index in [9.17, 15) is 0 Å². The van der Waals surface area contributed by atoms with E-state index >= 15 is 0 Å². The molecule has 18 heavy (non-hydrogen) atoms. The van der Waals surface area contributed by atoms with Gasteiger partial charge in [0.25, 0.3) is 0 Å². The minimum Gasteiger partial charge on any atom is -0.304 e. The first-order chi connectivity index (χ1) is 8.63. The topological polar surface area (TPSA) is 9.72 Å². The maximum Gasteiger partial charge on any atom is 0.0220 e. The third-order valence-corrected chi connectivity index (χ3v) is 4.23. The van der Waals surface area contributed by atoms with Crippen molar-refractivity contribution in [3.63, 3.8) is 0 Å². The molecule has 1 atom stereocenters. The Morgan fingerprint density at radius 1 is 0.833 bits per heavy atom. The Bertz CT molecular complexity index is 208. The molecule has 1 aliphatic heterocycles. The van der Waals surface area contributed by atoms with Gasteiger partial charge >= 0.3 is 0 Å². The summed E-state index contributed by atoms with van der Waals surface area (Å²) in [6, 6.07) is 0.748. The molecular formula is C15H33N3. The van der Waals surface area contributed by atoms with E-state index in [0.717, 1.165) is 6.04 Å².